The van der Waals surface area contributed by atoms with Crippen LogP contribution in [0, 0.1) is 5.41 Å². The van der Waals surface area contributed by atoms with Crippen molar-refractivity contribution in [2.24, 2.45) is 5.41 Å². The first-order valence-corrected chi connectivity index (χ1v) is 6.71. The Balaban J connectivity index is 2.19. The summed E-state index contributed by atoms with van der Waals surface area (Å²) in [6.07, 6.45) is 0.692. The lowest BCUT2D eigenvalue weighted by Gasteiger charge is -2.26. The number of alkyl halides is 4. The van der Waals surface area contributed by atoms with Crippen molar-refractivity contribution in [1.29, 1.82) is 0 Å². The lowest BCUT2D eigenvalue weighted by atomic mass is 9.81. The van der Waals surface area contributed by atoms with Gasteiger partial charge in [-0.25, -0.2) is 0 Å². The summed E-state index contributed by atoms with van der Waals surface area (Å²) in [4.78, 5) is 0. The number of benzene rings is 1. The zero-order chi connectivity index (χ0) is 13.2. The summed E-state index contributed by atoms with van der Waals surface area (Å²) in [6, 6.07) is 5.62. The molecule has 0 saturated heterocycles. The van der Waals surface area contributed by atoms with Gasteiger partial charge in [0.1, 0.15) is 0 Å². The van der Waals surface area contributed by atoms with Gasteiger partial charge in [0.15, 0.2) is 0 Å². The van der Waals surface area contributed by atoms with E-state index in [0.29, 0.717) is 12.3 Å². The van der Waals surface area contributed by atoms with E-state index in [0.717, 1.165) is 37.3 Å². The molecule has 1 aromatic carbocycles. The molecule has 0 aromatic heterocycles. The Labute approximate surface area is 110 Å². The SMILES string of the molecule is FC(F)(F)c1cccc(CC2(CCl)CCCC2)c1. The largest absolute Gasteiger partial charge is 0.416 e. The average molecular weight is 277 g/mol. The maximum absolute atomic E-state index is 12.6. The molecule has 2 rings (SSSR count). The van der Waals surface area contributed by atoms with Gasteiger partial charge in [0.2, 0.25) is 0 Å². The Morgan fingerprint density at radius 1 is 1.17 bits per heavy atom. The summed E-state index contributed by atoms with van der Waals surface area (Å²) in [6.45, 7) is 0. The van der Waals surface area contributed by atoms with Crippen LogP contribution in [0.5, 0.6) is 0 Å². The maximum atomic E-state index is 12.6. The molecule has 1 aliphatic rings. The highest BCUT2D eigenvalue weighted by Gasteiger charge is 2.34. The van der Waals surface area contributed by atoms with Gasteiger partial charge in [0.25, 0.3) is 0 Å². The Hall–Kier alpha value is -0.700. The van der Waals surface area contributed by atoms with E-state index in [2.05, 4.69) is 0 Å². The van der Waals surface area contributed by atoms with Crippen molar-refractivity contribution in [3.8, 4) is 0 Å². The standard InChI is InChI=1S/C14H16ClF3/c15-10-13(6-1-2-7-13)9-11-4-3-5-12(8-11)14(16,17)18/h3-5,8H,1-2,6-7,9-10H2. The molecule has 0 bridgehead atoms. The van der Waals surface area contributed by atoms with Crippen LogP contribution in [-0.2, 0) is 12.6 Å². The number of hydrogen-bond donors (Lipinski definition) is 0. The van der Waals surface area contributed by atoms with Crippen LogP contribution in [0.25, 0.3) is 0 Å². The van der Waals surface area contributed by atoms with Gasteiger partial charge in [-0.1, -0.05) is 31.0 Å². The van der Waals surface area contributed by atoms with Gasteiger partial charge in [-0.05, 0) is 36.3 Å². The molecule has 0 amide bonds. The van der Waals surface area contributed by atoms with Gasteiger partial charge in [0, 0.05) is 5.88 Å². The maximum Gasteiger partial charge on any atom is 0.416 e. The van der Waals surface area contributed by atoms with Crippen LogP contribution in [0.4, 0.5) is 13.2 Å². The van der Waals surface area contributed by atoms with Crippen LogP contribution in [0.1, 0.15) is 36.8 Å². The molecule has 0 N–H and O–H groups in total. The molecular formula is C14H16ClF3. The summed E-state index contributed by atoms with van der Waals surface area (Å²) < 4.78 is 37.9. The third kappa shape index (κ3) is 3.00. The minimum absolute atomic E-state index is 0.00573. The second-order valence-corrected chi connectivity index (χ2v) is 5.48. The first kappa shape index (κ1) is 13.7. The van der Waals surface area contributed by atoms with E-state index in [-0.39, 0.29) is 5.41 Å². The van der Waals surface area contributed by atoms with E-state index in [1.54, 1.807) is 6.07 Å². The number of rotatable bonds is 3. The molecule has 1 aromatic rings. The summed E-state index contributed by atoms with van der Waals surface area (Å²) in [7, 11) is 0. The van der Waals surface area contributed by atoms with E-state index < -0.39 is 11.7 Å². The molecule has 1 fully saturated rings. The number of hydrogen-bond acceptors (Lipinski definition) is 0. The molecule has 0 nitrogen and oxygen atoms in total. The highest BCUT2D eigenvalue weighted by atomic mass is 35.5. The van der Waals surface area contributed by atoms with Crippen molar-refractivity contribution in [2.75, 3.05) is 5.88 Å². The van der Waals surface area contributed by atoms with Gasteiger partial charge < -0.3 is 0 Å². The van der Waals surface area contributed by atoms with Crippen LogP contribution in [0.3, 0.4) is 0 Å². The van der Waals surface area contributed by atoms with E-state index >= 15 is 0 Å². The smallest absolute Gasteiger partial charge is 0.166 e. The van der Waals surface area contributed by atoms with E-state index in [4.69, 9.17) is 11.6 Å². The van der Waals surface area contributed by atoms with Crippen molar-refractivity contribution < 1.29 is 13.2 Å². The average Bonchev–Trinajstić information content (AvgIpc) is 2.77. The van der Waals surface area contributed by atoms with Gasteiger partial charge in [-0.3, -0.25) is 0 Å². The normalized spacial score (nSPS) is 19.1. The Bertz CT molecular complexity index is 406. The number of halogens is 4. The fourth-order valence-electron chi connectivity index (χ4n) is 2.77. The van der Waals surface area contributed by atoms with Gasteiger partial charge in [0.05, 0.1) is 5.56 Å². The molecule has 18 heavy (non-hydrogen) atoms. The molecule has 0 unspecified atom stereocenters. The lowest BCUT2D eigenvalue weighted by Crippen LogP contribution is -2.22. The minimum Gasteiger partial charge on any atom is -0.166 e. The summed E-state index contributed by atoms with van der Waals surface area (Å²) in [5.74, 6) is 0.531. The van der Waals surface area contributed by atoms with Gasteiger partial charge >= 0.3 is 6.18 Å². The van der Waals surface area contributed by atoms with Crippen molar-refractivity contribution in [1.82, 2.24) is 0 Å². The Morgan fingerprint density at radius 3 is 2.39 bits per heavy atom. The molecule has 0 spiro atoms. The first-order chi connectivity index (χ1) is 8.45. The Kier molecular flexibility index (Phi) is 3.90. The van der Waals surface area contributed by atoms with Crippen molar-refractivity contribution >= 4 is 11.6 Å². The monoisotopic (exact) mass is 276 g/mol. The van der Waals surface area contributed by atoms with Gasteiger partial charge in [-0.15, -0.1) is 11.6 Å². The summed E-state index contributed by atoms with van der Waals surface area (Å²) in [5, 5.41) is 0. The third-order valence-corrected chi connectivity index (χ3v) is 4.35. The second-order valence-electron chi connectivity index (χ2n) is 5.22. The van der Waals surface area contributed by atoms with E-state index in [1.165, 1.54) is 12.1 Å². The molecule has 100 valence electrons. The van der Waals surface area contributed by atoms with Crippen LogP contribution in [-0.4, -0.2) is 5.88 Å². The molecule has 0 atom stereocenters. The third-order valence-electron chi connectivity index (χ3n) is 3.78. The fourth-order valence-corrected chi connectivity index (χ4v) is 3.14. The first-order valence-electron chi connectivity index (χ1n) is 6.17. The highest BCUT2D eigenvalue weighted by Crippen LogP contribution is 2.42. The molecule has 0 heterocycles. The van der Waals surface area contributed by atoms with E-state index in [9.17, 15) is 13.2 Å². The van der Waals surface area contributed by atoms with E-state index in [1.807, 2.05) is 0 Å². The van der Waals surface area contributed by atoms with Crippen molar-refractivity contribution in [3.05, 3.63) is 35.4 Å². The lowest BCUT2D eigenvalue weighted by molar-refractivity contribution is -0.137. The molecule has 4 heteroatoms. The van der Waals surface area contributed by atoms with Crippen molar-refractivity contribution in [3.63, 3.8) is 0 Å². The van der Waals surface area contributed by atoms with Crippen molar-refractivity contribution in [2.45, 2.75) is 38.3 Å². The highest BCUT2D eigenvalue weighted by molar-refractivity contribution is 6.18. The molecule has 0 aliphatic heterocycles. The van der Waals surface area contributed by atoms with Crippen LogP contribution in [0.15, 0.2) is 24.3 Å². The predicted octanol–water partition coefficient (Wildman–Crippen LogP) is 5.05. The Morgan fingerprint density at radius 2 is 1.83 bits per heavy atom. The van der Waals surface area contributed by atoms with Crippen LogP contribution in [0.2, 0.25) is 0 Å². The predicted molar refractivity (Wildman–Crippen MR) is 66.8 cm³/mol. The van der Waals surface area contributed by atoms with Gasteiger partial charge in [-0.2, -0.15) is 13.2 Å². The quantitative estimate of drug-likeness (QED) is 0.678. The fraction of sp³-hybridized carbons (Fsp3) is 0.571. The topological polar surface area (TPSA) is 0 Å². The van der Waals surface area contributed by atoms with Crippen LogP contribution >= 0.6 is 11.6 Å². The summed E-state index contributed by atoms with van der Waals surface area (Å²) in [5.41, 5.74) is 0.182. The molecule has 1 aliphatic carbocycles. The zero-order valence-corrected chi connectivity index (χ0v) is 10.8. The molecule has 1 saturated carbocycles. The van der Waals surface area contributed by atoms with Crippen LogP contribution < -0.4 is 0 Å². The molecule has 0 radical (unpaired) electrons. The minimum atomic E-state index is -4.26. The molecular weight excluding hydrogens is 261 g/mol. The second kappa shape index (κ2) is 5.12. The summed E-state index contributed by atoms with van der Waals surface area (Å²) >= 11 is 6.02. The zero-order valence-electron chi connectivity index (χ0n) is 10.1.